The second-order valence-electron chi connectivity index (χ2n) is 16.9. The molecule has 0 aromatic carbocycles. The number of aryl methyl sites for hydroxylation is 4. The van der Waals surface area contributed by atoms with Gasteiger partial charge in [-0.05, 0) is 106 Å². The van der Waals surface area contributed by atoms with E-state index in [1.165, 1.54) is 229 Å². The van der Waals surface area contributed by atoms with Crippen molar-refractivity contribution in [1.29, 1.82) is 0 Å². The summed E-state index contributed by atoms with van der Waals surface area (Å²) in [6.07, 6.45) is 42.1. The molecular weight excluding hydrogens is 917 g/mol. The van der Waals surface area contributed by atoms with Crippen LogP contribution in [0.3, 0.4) is 0 Å². The van der Waals surface area contributed by atoms with E-state index in [1.54, 1.807) is 0 Å². The van der Waals surface area contributed by atoms with Crippen molar-refractivity contribution < 1.29 is 0 Å². The van der Waals surface area contributed by atoms with Crippen molar-refractivity contribution in [3.05, 3.63) is 42.2 Å². The Labute approximate surface area is 388 Å². The SMILES string of the molecule is CCCCCCCCCCCCc1cc(Br)sc1-c1sc(-c2nc(CCCCCC)c(-c3sc(Br)cc3CCCCCCCCCCCC)s2)nc1CCCCCC. The maximum Gasteiger partial charge on any atom is 0.153 e. The molecular formula is C50H78Br2N2S4. The summed E-state index contributed by atoms with van der Waals surface area (Å²) in [4.78, 5) is 16.7. The van der Waals surface area contributed by atoms with Crippen molar-refractivity contribution in [2.45, 2.75) is 233 Å². The van der Waals surface area contributed by atoms with E-state index in [9.17, 15) is 0 Å². The van der Waals surface area contributed by atoms with Gasteiger partial charge >= 0.3 is 0 Å². The Morgan fingerprint density at radius 3 is 0.948 bits per heavy atom. The molecule has 0 aliphatic carbocycles. The lowest BCUT2D eigenvalue weighted by Crippen LogP contribution is -1.92. The van der Waals surface area contributed by atoms with Gasteiger partial charge < -0.3 is 0 Å². The lowest BCUT2D eigenvalue weighted by atomic mass is 10.0. The van der Waals surface area contributed by atoms with Crippen LogP contribution in [-0.2, 0) is 25.7 Å². The van der Waals surface area contributed by atoms with E-state index in [-0.39, 0.29) is 0 Å². The molecule has 326 valence electrons. The zero-order valence-corrected chi connectivity index (χ0v) is 43.5. The van der Waals surface area contributed by atoms with Crippen LogP contribution in [-0.4, -0.2) is 9.97 Å². The first kappa shape index (κ1) is 50.3. The van der Waals surface area contributed by atoms with E-state index in [0.29, 0.717) is 0 Å². The summed E-state index contributed by atoms with van der Waals surface area (Å²) in [5, 5.41) is 2.26. The van der Waals surface area contributed by atoms with Crippen LogP contribution in [0, 0.1) is 0 Å². The molecule has 4 heterocycles. The maximum absolute atomic E-state index is 5.50. The smallest absolute Gasteiger partial charge is 0.153 e. The van der Waals surface area contributed by atoms with E-state index < -0.39 is 0 Å². The highest BCUT2D eigenvalue weighted by Gasteiger charge is 2.24. The van der Waals surface area contributed by atoms with Crippen LogP contribution in [0.15, 0.2) is 19.7 Å². The number of thiazole rings is 2. The number of hydrogen-bond donors (Lipinski definition) is 0. The molecule has 4 rings (SSSR count). The number of unbranched alkanes of at least 4 members (excludes halogenated alkanes) is 24. The fourth-order valence-corrected chi connectivity index (χ4v) is 14.2. The van der Waals surface area contributed by atoms with E-state index in [2.05, 4.69) is 71.7 Å². The van der Waals surface area contributed by atoms with Crippen LogP contribution < -0.4 is 0 Å². The molecule has 0 N–H and O–H groups in total. The van der Waals surface area contributed by atoms with Gasteiger partial charge in [0.1, 0.15) is 0 Å². The van der Waals surface area contributed by atoms with Gasteiger partial charge in [0.25, 0.3) is 0 Å². The van der Waals surface area contributed by atoms with Crippen LogP contribution in [0.5, 0.6) is 0 Å². The minimum Gasteiger partial charge on any atom is -0.238 e. The van der Waals surface area contributed by atoms with Crippen molar-refractivity contribution in [3.8, 4) is 29.5 Å². The minimum absolute atomic E-state index is 1.06. The van der Waals surface area contributed by atoms with Gasteiger partial charge in [0.15, 0.2) is 10.0 Å². The number of aromatic nitrogens is 2. The van der Waals surface area contributed by atoms with Crippen molar-refractivity contribution >= 4 is 77.2 Å². The number of rotatable bonds is 35. The molecule has 4 aromatic rings. The Balaban J connectivity index is 1.51. The fourth-order valence-electron chi connectivity index (χ4n) is 8.17. The molecule has 8 heteroatoms. The quantitative estimate of drug-likeness (QED) is 0.0429. The molecule has 0 radical (unpaired) electrons. The summed E-state index contributed by atoms with van der Waals surface area (Å²) >= 11 is 15.5. The third-order valence-electron chi connectivity index (χ3n) is 11.7. The average molecular weight is 995 g/mol. The van der Waals surface area contributed by atoms with Crippen molar-refractivity contribution in [3.63, 3.8) is 0 Å². The molecule has 0 unspecified atom stereocenters. The monoisotopic (exact) mass is 992 g/mol. The zero-order chi connectivity index (χ0) is 41.2. The van der Waals surface area contributed by atoms with Crippen LogP contribution in [0.2, 0.25) is 0 Å². The third-order valence-corrected chi connectivity index (χ3v) is 17.7. The predicted octanol–water partition coefficient (Wildman–Crippen LogP) is 20.4. The third kappa shape index (κ3) is 18.1. The molecule has 0 atom stereocenters. The highest BCUT2D eigenvalue weighted by molar-refractivity contribution is 9.11. The first-order valence-electron chi connectivity index (χ1n) is 24.1. The number of halogens is 2. The van der Waals surface area contributed by atoms with Gasteiger partial charge in [-0.15, -0.1) is 45.3 Å². The number of thiophene rings is 2. The first-order chi connectivity index (χ1) is 28.5. The molecule has 4 aromatic heterocycles. The van der Waals surface area contributed by atoms with E-state index in [0.717, 1.165) is 35.7 Å². The Morgan fingerprint density at radius 1 is 0.345 bits per heavy atom. The molecule has 0 amide bonds. The number of nitrogens with zero attached hydrogens (tertiary/aromatic N) is 2. The van der Waals surface area contributed by atoms with Gasteiger partial charge in [0, 0.05) is 0 Å². The van der Waals surface area contributed by atoms with E-state index in [4.69, 9.17) is 9.97 Å². The average Bonchev–Trinajstić information content (AvgIpc) is 4.01. The highest BCUT2D eigenvalue weighted by Crippen LogP contribution is 2.48. The summed E-state index contributed by atoms with van der Waals surface area (Å²) in [6, 6.07) is 4.82. The van der Waals surface area contributed by atoms with E-state index in [1.807, 2.05) is 45.3 Å². The summed E-state index contributed by atoms with van der Waals surface area (Å²) in [5.41, 5.74) is 5.63. The van der Waals surface area contributed by atoms with Crippen LogP contribution in [0.4, 0.5) is 0 Å². The Kier molecular flexibility index (Phi) is 26.5. The lowest BCUT2D eigenvalue weighted by Gasteiger charge is -2.05. The number of hydrogen-bond acceptors (Lipinski definition) is 6. The molecule has 0 aliphatic rings. The summed E-state index contributed by atoms with van der Waals surface area (Å²) in [7, 11) is 0. The lowest BCUT2D eigenvalue weighted by molar-refractivity contribution is 0.556. The molecule has 2 nitrogen and oxygen atoms in total. The van der Waals surface area contributed by atoms with Crippen molar-refractivity contribution in [1.82, 2.24) is 9.97 Å². The van der Waals surface area contributed by atoms with Gasteiger partial charge in [-0.3, -0.25) is 0 Å². The topological polar surface area (TPSA) is 25.8 Å². The second kappa shape index (κ2) is 30.6. The van der Waals surface area contributed by atoms with Gasteiger partial charge in [0.05, 0.1) is 38.5 Å². The predicted molar refractivity (Wildman–Crippen MR) is 272 cm³/mol. The fraction of sp³-hybridized carbons (Fsp3) is 0.720. The normalized spacial score (nSPS) is 11.8. The van der Waals surface area contributed by atoms with Gasteiger partial charge in [-0.2, -0.15) is 0 Å². The maximum atomic E-state index is 5.50. The Hall–Kier alpha value is -0.380. The Morgan fingerprint density at radius 2 is 0.621 bits per heavy atom. The van der Waals surface area contributed by atoms with Crippen molar-refractivity contribution in [2.75, 3.05) is 0 Å². The largest absolute Gasteiger partial charge is 0.238 e. The molecule has 0 fully saturated rings. The van der Waals surface area contributed by atoms with Gasteiger partial charge in [-0.1, -0.05) is 182 Å². The first-order valence-corrected chi connectivity index (χ1v) is 28.9. The molecule has 0 bridgehead atoms. The minimum atomic E-state index is 1.06. The second-order valence-corrected chi connectivity index (χ2v) is 23.7. The Bertz CT molecular complexity index is 1530. The molecule has 0 saturated heterocycles. The van der Waals surface area contributed by atoms with E-state index >= 15 is 0 Å². The summed E-state index contributed by atoms with van der Waals surface area (Å²) in [5.74, 6) is 0. The van der Waals surface area contributed by atoms with Gasteiger partial charge in [-0.25, -0.2) is 9.97 Å². The standard InChI is InChI=1S/C50H78Br2N2S4/c1-5-9-13-17-19-21-23-25-27-29-33-39-37-43(51)55-45(39)47-41(35-31-15-11-7-3)53-49(57-47)50-54-42(36-32-16-12-8-4)48(58-50)46-40(38-44(52)56-46)34-30-28-26-24-22-20-18-14-10-6-2/h37-38H,5-36H2,1-4H3. The molecule has 0 aliphatic heterocycles. The zero-order valence-electron chi connectivity index (χ0n) is 37.1. The summed E-state index contributed by atoms with van der Waals surface area (Å²) < 4.78 is 2.50. The van der Waals surface area contributed by atoms with Crippen LogP contribution in [0.25, 0.3) is 29.5 Å². The molecule has 0 spiro atoms. The van der Waals surface area contributed by atoms with Crippen molar-refractivity contribution in [2.24, 2.45) is 0 Å². The highest BCUT2D eigenvalue weighted by atomic mass is 79.9. The van der Waals surface area contributed by atoms with Gasteiger partial charge in [0.2, 0.25) is 0 Å². The van der Waals surface area contributed by atoms with Crippen LogP contribution in [0.1, 0.15) is 230 Å². The molecule has 0 saturated carbocycles. The molecule has 58 heavy (non-hydrogen) atoms. The van der Waals surface area contributed by atoms with Crippen LogP contribution >= 0.6 is 77.2 Å². The summed E-state index contributed by atoms with van der Waals surface area (Å²) in [6.45, 7) is 9.23.